The van der Waals surface area contributed by atoms with Gasteiger partial charge in [-0.05, 0) is 27.2 Å². The molecule has 15 heavy (non-hydrogen) atoms. The van der Waals surface area contributed by atoms with Crippen LogP contribution in [0.25, 0.3) is 0 Å². The highest BCUT2D eigenvalue weighted by Crippen LogP contribution is 2.03. The maximum atomic E-state index is 11.9. The van der Waals surface area contributed by atoms with Crippen molar-refractivity contribution < 1.29 is 0 Å². The minimum absolute atomic E-state index is 0.0624. The molecule has 1 aromatic rings. The third-order valence-electron chi connectivity index (χ3n) is 2.47. The van der Waals surface area contributed by atoms with E-state index < -0.39 is 0 Å². The van der Waals surface area contributed by atoms with Gasteiger partial charge in [0.2, 0.25) is 5.43 Å². The van der Waals surface area contributed by atoms with E-state index >= 15 is 0 Å². The first kappa shape index (κ1) is 11.6. The molecule has 1 heterocycles. The van der Waals surface area contributed by atoms with E-state index in [0.717, 1.165) is 29.8 Å². The van der Waals surface area contributed by atoms with Crippen LogP contribution in [-0.4, -0.2) is 4.98 Å². The Hall–Kier alpha value is -1.49. The second-order valence-corrected chi connectivity index (χ2v) is 3.76. The van der Waals surface area contributed by atoms with E-state index in [0.29, 0.717) is 5.56 Å². The molecule has 0 fully saturated rings. The predicted octanol–water partition coefficient (Wildman–Crippen LogP) is 2.45. The van der Waals surface area contributed by atoms with Crippen molar-refractivity contribution in [1.29, 1.82) is 0 Å². The van der Waals surface area contributed by atoms with Gasteiger partial charge in [-0.1, -0.05) is 18.8 Å². The molecule has 0 saturated carbocycles. The molecular formula is C13H17NO. The van der Waals surface area contributed by atoms with Crippen LogP contribution in [0.3, 0.4) is 0 Å². The van der Waals surface area contributed by atoms with Gasteiger partial charge in [0.15, 0.2) is 0 Å². The van der Waals surface area contributed by atoms with Gasteiger partial charge in [0.1, 0.15) is 0 Å². The SMILES string of the molecule is CCCC#Cc1c(C)[nH]c(C)c(C)c1=O. The average molecular weight is 203 g/mol. The van der Waals surface area contributed by atoms with E-state index in [1.807, 2.05) is 20.8 Å². The Kier molecular flexibility index (Phi) is 3.74. The molecule has 0 aliphatic rings. The zero-order valence-corrected chi connectivity index (χ0v) is 9.82. The maximum absolute atomic E-state index is 11.9. The van der Waals surface area contributed by atoms with Gasteiger partial charge in [0.05, 0.1) is 5.56 Å². The number of aryl methyl sites for hydroxylation is 2. The van der Waals surface area contributed by atoms with Crippen LogP contribution in [0, 0.1) is 32.6 Å². The summed E-state index contributed by atoms with van der Waals surface area (Å²) >= 11 is 0. The van der Waals surface area contributed by atoms with Crippen molar-refractivity contribution in [1.82, 2.24) is 4.98 Å². The van der Waals surface area contributed by atoms with Gasteiger partial charge in [-0.3, -0.25) is 4.79 Å². The van der Waals surface area contributed by atoms with Crippen molar-refractivity contribution in [3.8, 4) is 11.8 Å². The summed E-state index contributed by atoms with van der Waals surface area (Å²) in [5.74, 6) is 5.97. The highest BCUT2D eigenvalue weighted by Gasteiger charge is 2.06. The van der Waals surface area contributed by atoms with Crippen LogP contribution in [0.4, 0.5) is 0 Å². The van der Waals surface area contributed by atoms with Gasteiger partial charge in [-0.2, -0.15) is 0 Å². The first-order valence-electron chi connectivity index (χ1n) is 5.26. The number of hydrogen-bond donors (Lipinski definition) is 1. The third-order valence-corrected chi connectivity index (χ3v) is 2.47. The molecule has 0 aromatic carbocycles. The Balaban J connectivity index is 3.27. The molecule has 0 aliphatic heterocycles. The molecule has 0 atom stereocenters. The van der Waals surface area contributed by atoms with Gasteiger partial charge >= 0.3 is 0 Å². The molecule has 0 unspecified atom stereocenters. The van der Waals surface area contributed by atoms with Crippen LogP contribution in [0.2, 0.25) is 0 Å². The van der Waals surface area contributed by atoms with Gasteiger partial charge in [0, 0.05) is 23.4 Å². The monoisotopic (exact) mass is 203 g/mol. The third kappa shape index (κ3) is 2.50. The zero-order chi connectivity index (χ0) is 11.4. The fraction of sp³-hybridized carbons (Fsp3) is 0.462. The Morgan fingerprint density at radius 1 is 1.20 bits per heavy atom. The van der Waals surface area contributed by atoms with Crippen molar-refractivity contribution in [3.05, 3.63) is 32.7 Å². The number of H-pyrrole nitrogens is 1. The fourth-order valence-corrected chi connectivity index (χ4v) is 1.39. The summed E-state index contributed by atoms with van der Waals surface area (Å²) in [5, 5.41) is 0. The summed E-state index contributed by atoms with van der Waals surface area (Å²) < 4.78 is 0. The lowest BCUT2D eigenvalue weighted by molar-refractivity contribution is 0.982. The molecule has 0 radical (unpaired) electrons. The zero-order valence-electron chi connectivity index (χ0n) is 9.82. The molecule has 2 nitrogen and oxygen atoms in total. The summed E-state index contributed by atoms with van der Waals surface area (Å²) in [6, 6.07) is 0. The lowest BCUT2D eigenvalue weighted by Gasteiger charge is -2.04. The highest BCUT2D eigenvalue weighted by atomic mass is 16.1. The Morgan fingerprint density at radius 3 is 2.47 bits per heavy atom. The molecule has 1 aromatic heterocycles. The van der Waals surface area contributed by atoms with Crippen LogP contribution in [0.1, 0.15) is 42.3 Å². The Labute approximate surface area is 90.7 Å². The van der Waals surface area contributed by atoms with E-state index in [1.165, 1.54) is 0 Å². The molecule has 0 spiro atoms. The number of aromatic nitrogens is 1. The largest absolute Gasteiger partial charge is 0.361 e. The number of aromatic amines is 1. The minimum Gasteiger partial charge on any atom is -0.361 e. The second kappa shape index (κ2) is 4.84. The van der Waals surface area contributed by atoms with Crippen LogP contribution in [-0.2, 0) is 0 Å². The second-order valence-electron chi connectivity index (χ2n) is 3.76. The van der Waals surface area contributed by atoms with E-state index in [2.05, 4.69) is 23.7 Å². The number of hydrogen-bond acceptors (Lipinski definition) is 1. The van der Waals surface area contributed by atoms with Crippen LogP contribution >= 0.6 is 0 Å². The summed E-state index contributed by atoms with van der Waals surface area (Å²) in [6.07, 6.45) is 1.86. The molecular weight excluding hydrogens is 186 g/mol. The van der Waals surface area contributed by atoms with Crippen LogP contribution in [0.15, 0.2) is 4.79 Å². The first-order valence-corrected chi connectivity index (χ1v) is 5.26. The van der Waals surface area contributed by atoms with Gasteiger partial charge < -0.3 is 4.98 Å². The molecule has 1 N–H and O–H groups in total. The Morgan fingerprint density at radius 2 is 1.87 bits per heavy atom. The van der Waals surface area contributed by atoms with Crippen molar-refractivity contribution in [2.75, 3.05) is 0 Å². The van der Waals surface area contributed by atoms with Crippen molar-refractivity contribution in [2.24, 2.45) is 0 Å². The smallest absolute Gasteiger partial charge is 0.200 e. The van der Waals surface area contributed by atoms with Gasteiger partial charge in [-0.25, -0.2) is 0 Å². The van der Waals surface area contributed by atoms with E-state index in [4.69, 9.17) is 0 Å². The van der Waals surface area contributed by atoms with Crippen LogP contribution < -0.4 is 5.43 Å². The molecule has 0 bridgehead atoms. The fourth-order valence-electron chi connectivity index (χ4n) is 1.39. The van der Waals surface area contributed by atoms with Gasteiger partial charge in [-0.15, -0.1) is 0 Å². The molecule has 80 valence electrons. The molecule has 2 heteroatoms. The first-order chi connectivity index (χ1) is 7.07. The topological polar surface area (TPSA) is 32.9 Å². The summed E-state index contributed by atoms with van der Waals surface area (Å²) in [5.41, 5.74) is 3.24. The van der Waals surface area contributed by atoms with Gasteiger partial charge in [0.25, 0.3) is 0 Å². The van der Waals surface area contributed by atoms with Crippen molar-refractivity contribution in [3.63, 3.8) is 0 Å². The molecule has 1 rings (SSSR count). The summed E-state index contributed by atoms with van der Waals surface area (Å²) in [6.45, 7) is 7.71. The molecule has 0 aliphatic carbocycles. The number of rotatable bonds is 1. The lowest BCUT2D eigenvalue weighted by Crippen LogP contribution is -2.15. The lowest BCUT2D eigenvalue weighted by atomic mass is 10.1. The van der Waals surface area contributed by atoms with E-state index in [9.17, 15) is 4.79 Å². The average Bonchev–Trinajstić information content (AvgIpc) is 2.20. The van der Waals surface area contributed by atoms with E-state index in [-0.39, 0.29) is 5.43 Å². The Bertz CT molecular complexity index is 472. The normalized spacial score (nSPS) is 9.60. The number of unbranched alkanes of at least 4 members (excludes halogenated alkanes) is 1. The minimum atomic E-state index is 0.0624. The van der Waals surface area contributed by atoms with Crippen LogP contribution in [0.5, 0.6) is 0 Å². The standard InChI is InChI=1S/C13H17NO/c1-5-6-7-8-12-11(4)14-10(3)9(2)13(12)15/h5-6H2,1-4H3,(H,14,15). The summed E-state index contributed by atoms with van der Waals surface area (Å²) in [4.78, 5) is 15.1. The molecule has 0 saturated heterocycles. The number of pyridine rings is 1. The van der Waals surface area contributed by atoms with Crippen molar-refractivity contribution >= 4 is 0 Å². The maximum Gasteiger partial charge on any atom is 0.200 e. The molecule has 0 amide bonds. The quantitative estimate of drug-likeness (QED) is 0.699. The highest BCUT2D eigenvalue weighted by molar-refractivity contribution is 5.41. The summed E-state index contributed by atoms with van der Waals surface area (Å²) in [7, 11) is 0. The predicted molar refractivity (Wildman–Crippen MR) is 63.1 cm³/mol. The van der Waals surface area contributed by atoms with Crippen molar-refractivity contribution in [2.45, 2.75) is 40.5 Å². The van der Waals surface area contributed by atoms with E-state index in [1.54, 1.807) is 0 Å². The number of nitrogens with one attached hydrogen (secondary N) is 1.